The second kappa shape index (κ2) is 5.57. The van der Waals surface area contributed by atoms with Crippen molar-refractivity contribution in [2.24, 2.45) is 0 Å². The summed E-state index contributed by atoms with van der Waals surface area (Å²) in [6.45, 7) is 0.707. The van der Waals surface area contributed by atoms with Gasteiger partial charge in [-0.05, 0) is 32.0 Å². The van der Waals surface area contributed by atoms with Crippen LogP contribution in [0.1, 0.15) is 38.0 Å². The molecule has 19 heavy (non-hydrogen) atoms. The molecule has 5 nitrogen and oxygen atoms in total. The molecule has 0 saturated heterocycles. The molecule has 0 atom stereocenters. The molecule has 1 saturated carbocycles. The second-order valence-corrected chi connectivity index (χ2v) is 5.19. The van der Waals surface area contributed by atoms with Crippen molar-refractivity contribution in [2.45, 2.75) is 44.7 Å². The van der Waals surface area contributed by atoms with E-state index in [-0.39, 0.29) is 0 Å². The van der Waals surface area contributed by atoms with Gasteiger partial charge >= 0.3 is 0 Å². The highest BCUT2D eigenvalue weighted by atomic mass is 16.4. The van der Waals surface area contributed by atoms with Crippen LogP contribution in [0.5, 0.6) is 0 Å². The van der Waals surface area contributed by atoms with E-state index in [0.717, 1.165) is 0 Å². The molecule has 0 unspecified atom stereocenters. The molecule has 0 amide bonds. The molecule has 3 rings (SSSR count). The quantitative estimate of drug-likeness (QED) is 0.846. The van der Waals surface area contributed by atoms with Gasteiger partial charge in [-0.25, -0.2) is 0 Å². The van der Waals surface area contributed by atoms with Crippen molar-refractivity contribution in [1.29, 1.82) is 0 Å². The van der Waals surface area contributed by atoms with Gasteiger partial charge in [0, 0.05) is 6.04 Å². The van der Waals surface area contributed by atoms with E-state index >= 15 is 0 Å². The number of nitrogens with zero attached hydrogens (tertiary/aromatic N) is 3. The summed E-state index contributed by atoms with van der Waals surface area (Å²) in [5, 5.41) is 8.11. The Labute approximate surface area is 112 Å². The zero-order valence-electron chi connectivity index (χ0n) is 11.2. The Bertz CT molecular complexity index is 501. The van der Waals surface area contributed by atoms with Crippen LogP contribution in [0.4, 0.5) is 0 Å². The van der Waals surface area contributed by atoms with E-state index in [1.165, 1.54) is 32.1 Å². The normalized spacial score (nSPS) is 17.2. The Balaban J connectivity index is 1.63. The summed E-state index contributed by atoms with van der Waals surface area (Å²) < 4.78 is 10.9. The maximum Gasteiger partial charge on any atom is 0.283 e. The zero-order chi connectivity index (χ0) is 13.1. The highest BCUT2D eigenvalue weighted by molar-refractivity contribution is 5.42. The van der Waals surface area contributed by atoms with Crippen molar-refractivity contribution in [2.75, 3.05) is 7.05 Å². The molecule has 1 aliphatic carbocycles. The highest BCUT2D eigenvalue weighted by Gasteiger charge is 2.20. The van der Waals surface area contributed by atoms with E-state index < -0.39 is 0 Å². The first kappa shape index (κ1) is 12.4. The van der Waals surface area contributed by atoms with Gasteiger partial charge in [-0.3, -0.25) is 4.90 Å². The lowest BCUT2D eigenvalue weighted by atomic mass is 9.94. The zero-order valence-corrected chi connectivity index (χ0v) is 11.2. The smallest absolute Gasteiger partial charge is 0.283 e. The Morgan fingerprint density at radius 1 is 1.26 bits per heavy atom. The third kappa shape index (κ3) is 2.87. The van der Waals surface area contributed by atoms with Crippen molar-refractivity contribution in [3.8, 4) is 11.7 Å². The summed E-state index contributed by atoms with van der Waals surface area (Å²) in [4.78, 5) is 2.32. The molecule has 0 aliphatic heterocycles. The van der Waals surface area contributed by atoms with Crippen LogP contribution in [0, 0.1) is 0 Å². The molecular formula is C14H19N3O2. The predicted octanol–water partition coefficient (Wildman–Crippen LogP) is 3.09. The minimum absolute atomic E-state index is 0.456. The van der Waals surface area contributed by atoms with Gasteiger partial charge in [0.15, 0.2) is 5.76 Å². The van der Waals surface area contributed by atoms with Crippen LogP contribution >= 0.6 is 0 Å². The van der Waals surface area contributed by atoms with Crippen LogP contribution in [0.15, 0.2) is 27.2 Å². The Morgan fingerprint density at radius 3 is 2.84 bits per heavy atom. The molecule has 2 aromatic heterocycles. The summed E-state index contributed by atoms with van der Waals surface area (Å²) >= 11 is 0. The first-order valence-electron chi connectivity index (χ1n) is 6.89. The highest BCUT2D eigenvalue weighted by Crippen LogP contribution is 2.23. The first-order chi connectivity index (χ1) is 9.33. The van der Waals surface area contributed by atoms with Gasteiger partial charge in [-0.2, -0.15) is 0 Å². The maximum absolute atomic E-state index is 5.63. The third-order valence-corrected chi connectivity index (χ3v) is 3.78. The van der Waals surface area contributed by atoms with Crippen molar-refractivity contribution in [3.63, 3.8) is 0 Å². The molecule has 102 valence electrons. The van der Waals surface area contributed by atoms with Crippen LogP contribution in [-0.2, 0) is 6.54 Å². The first-order valence-corrected chi connectivity index (χ1v) is 6.89. The molecular weight excluding hydrogens is 242 g/mol. The molecule has 0 bridgehead atoms. The third-order valence-electron chi connectivity index (χ3n) is 3.78. The number of rotatable bonds is 4. The summed E-state index contributed by atoms with van der Waals surface area (Å²) in [5.41, 5.74) is 0. The molecule has 5 heteroatoms. The van der Waals surface area contributed by atoms with E-state index in [1.807, 2.05) is 12.1 Å². The van der Waals surface area contributed by atoms with E-state index in [1.54, 1.807) is 6.26 Å². The van der Waals surface area contributed by atoms with Crippen molar-refractivity contribution >= 4 is 0 Å². The molecule has 0 N–H and O–H groups in total. The van der Waals surface area contributed by atoms with Gasteiger partial charge in [0.05, 0.1) is 12.8 Å². The van der Waals surface area contributed by atoms with Gasteiger partial charge in [-0.15, -0.1) is 10.2 Å². The summed E-state index contributed by atoms with van der Waals surface area (Å²) in [6, 6.07) is 4.28. The lowest BCUT2D eigenvalue weighted by Gasteiger charge is -2.29. The van der Waals surface area contributed by atoms with Gasteiger partial charge in [0.1, 0.15) is 0 Å². The lowest BCUT2D eigenvalue weighted by molar-refractivity contribution is 0.170. The number of aromatic nitrogens is 2. The van der Waals surface area contributed by atoms with Crippen molar-refractivity contribution in [1.82, 2.24) is 15.1 Å². The Kier molecular flexibility index (Phi) is 3.64. The Morgan fingerprint density at radius 2 is 2.11 bits per heavy atom. The number of hydrogen-bond donors (Lipinski definition) is 0. The fourth-order valence-electron chi connectivity index (χ4n) is 2.68. The van der Waals surface area contributed by atoms with E-state index in [2.05, 4.69) is 22.1 Å². The molecule has 2 aromatic rings. The second-order valence-electron chi connectivity index (χ2n) is 5.19. The Hall–Kier alpha value is -1.62. The SMILES string of the molecule is CN(Cc1nnc(-c2ccco2)o1)C1CCCCC1. The van der Waals surface area contributed by atoms with Gasteiger partial charge in [-0.1, -0.05) is 19.3 Å². The minimum atomic E-state index is 0.456. The molecule has 2 heterocycles. The van der Waals surface area contributed by atoms with Crippen LogP contribution in [-0.4, -0.2) is 28.2 Å². The minimum Gasteiger partial charge on any atom is -0.459 e. The molecule has 1 aliphatic rings. The fraction of sp³-hybridized carbons (Fsp3) is 0.571. The number of furan rings is 1. The average Bonchev–Trinajstić information content (AvgIpc) is 3.10. The van der Waals surface area contributed by atoms with Crippen molar-refractivity contribution in [3.05, 3.63) is 24.3 Å². The van der Waals surface area contributed by atoms with Gasteiger partial charge in [0.25, 0.3) is 5.89 Å². The number of hydrogen-bond acceptors (Lipinski definition) is 5. The molecule has 0 aromatic carbocycles. The summed E-state index contributed by atoms with van der Waals surface area (Å²) in [6.07, 6.45) is 8.18. The van der Waals surface area contributed by atoms with Crippen LogP contribution in [0.2, 0.25) is 0 Å². The monoisotopic (exact) mass is 261 g/mol. The standard InChI is InChI=1S/C14H19N3O2/c1-17(11-6-3-2-4-7-11)10-13-15-16-14(19-13)12-8-5-9-18-12/h5,8-9,11H,2-4,6-7,10H2,1H3. The van der Waals surface area contributed by atoms with Gasteiger partial charge in [0.2, 0.25) is 5.89 Å². The summed E-state index contributed by atoms with van der Waals surface area (Å²) in [5.74, 6) is 1.73. The molecule has 0 radical (unpaired) electrons. The largest absolute Gasteiger partial charge is 0.459 e. The van der Waals surface area contributed by atoms with E-state index in [9.17, 15) is 0 Å². The maximum atomic E-state index is 5.63. The average molecular weight is 261 g/mol. The van der Waals surface area contributed by atoms with Crippen LogP contribution < -0.4 is 0 Å². The fourth-order valence-corrected chi connectivity index (χ4v) is 2.68. The van der Waals surface area contributed by atoms with E-state index in [4.69, 9.17) is 8.83 Å². The van der Waals surface area contributed by atoms with Crippen LogP contribution in [0.25, 0.3) is 11.7 Å². The summed E-state index contributed by atoms with van der Waals surface area (Å²) in [7, 11) is 2.13. The molecule has 1 fully saturated rings. The molecule has 0 spiro atoms. The van der Waals surface area contributed by atoms with Crippen LogP contribution in [0.3, 0.4) is 0 Å². The van der Waals surface area contributed by atoms with E-state index in [0.29, 0.717) is 30.1 Å². The van der Waals surface area contributed by atoms with Gasteiger partial charge < -0.3 is 8.83 Å². The lowest BCUT2D eigenvalue weighted by Crippen LogP contribution is -2.32. The predicted molar refractivity (Wildman–Crippen MR) is 70.3 cm³/mol. The topological polar surface area (TPSA) is 55.3 Å². The van der Waals surface area contributed by atoms with Crippen molar-refractivity contribution < 1.29 is 8.83 Å².